The van der Waals surface area contributed by atoms with Crippen molar-refractivity contribution in [3.8, 4) is 0 Å². The Morgan fingerprint density at radius 3 is 2.81 bits per heavy atom. The Balaban J connectivity index is 1.93. The van der Waals surface area contributed by atoms with Crippen LogP contribution in [-0.2, 0) is 13.5 Å². The molecule has 4 nitrogen and oxygen atoms in total. The lowest BCUT2D eigenvalue weighted by molar-refractivity contribution is 0.177. The van der Waals surface area contributed by atoms with Crippen LogP contribution >= 0.6 is 0 Å². The monoisotopic (exact) mass is 287 g/mol. The first kappa shape index (κ1) is 13.6. The highest BCUT2D eigenvalue weighted by Gasteiger charge is 2.14. The fraction of sp³-hybridized carbons (Fsp3) is 0.188. The fourth-order valence-corrected chi connectivity index (χ4v) is 2.35. The number of hydrogen-bond donors (Lipinski definition) is 1. The summed E-state index contributed by atoms with van der Waals surface area (Å²) < 4.78 is 20.1. The van der Waals surface area contributed by atoms with E-state index in [0.29, 0.717) is 22.2 Å². The van der Waals surface area contributed by atoms with Gasteiger partial charge in [-0.05, 0) is 29.3 Å². The number of rotatable bonds is 3. The lowest BCUT2D eigenvalue weighted by atomic mass is 10.0. The second-order valence-corrected chi connectivity index (χ2v) is 4.97. The molecule has 0 fully saturated rings. The van der Waals surface area contributed by atoms with Crippen molar-refractivity contribution in [3.63, 3.8) is 0 Å². The van der Waals surface area contributed by atoms with Gasteiger partial charge in [-0.2, -0.15) is 0 Å². The van der Waals surface area contributed by atoms with Gasteiger partial charge in [0.25, 0.3) is 0 Å². The van der Waals surface area contributed by atoms with Gasteiger partial charge in [-0.15, -0.1) is 0 Å². The molecule has 0 aliphatic rings. The van der Waals surface area contributed by atoms with Crippen molar-refractivity contribution in [2.24, 2.45) is 7.05 Å². The molecule has 0 aliphatic heterocycles. The standard InChI is InChI=1S/C16H14FNO3/c1-18-13-7-6-11(9-15(13)21-16(18)20)14(19)8-10-4-2-3-5-12(10)17/h2-7,9,14,19H,8H2,1H3. The maximum absolute atomic E-state index is 13.6. The van der Waals surface area contributed by atoms with Crippen molar-refractivity contribution >= 4 is 11.1 Å². The molecule has 5 heteroatoms. The highest BCUT2D eigenvalue weighted by atomic mass is 19.1. The number of benzene rings is 2. The number of aliphatic hydroxyl groups is 1. The van der Waals surface area contributed by atoms with Crippen LogP contribution in [0.1, 0.15) is 17.2 Å². The van der Waals surface area contributed by atoms with Gasteiger partial charge in [0.05, 0.1) is 11.6 Å². The summed E-state index contributed by atoms with van der Waals surface area (Å²) in [5.41, 5.74) is 2.09. The number of aryl methyl sites for hydroxylation is 1. The molecule has 0 saturated carbocycles. The maximum Gasteiger partial charge on any atom is 0.419 e. The summed E-state index contributed by atoms with van der Waals surface area (Å²) in [6.45, 7) is 0. The first-order valence-corrected chi connectivity index (χ1v) is 6.57. The lowest BCUT2D eigenvalue weighted by Gasteiger charge is -2.11. The van der Waals surface area contributed by atoms with Gasteiger partial charge in [0.1, 0.15) is 5.82 Å². The van der Waals surface area contributed by atoms with Crippen LogP contribution < -0.4 is 5.76 Å². The normalized spacial score (nSPS) is 12.7. The average Bonchev–Trinajstić information content (AvgIpc) is 2.76. The van der Waals surface area contributed by atoms with Crippen molar-refractivity contribution in [1.29, 1.82) is 0 Å². The molecule has 3 rings (SSSR count). The minimum Gasteiger partial charge on any atom is -0.408 e. The fourth-order valence-electron chi connectivity index (χ4n) is 2.35. The van der Waals surface area contributed by atoms with Gasteiger partial charge in [-0.1, -0.05) is 24.3 Å². The zero-order valence-electron chi connectivity index (χ0n) is 11.4. The lowest BCUT2D eigenvalue weighted by Crippen LogP contribution is -2.08. The summed E-state index contributed by atoms with van der Waals surface area (Å²) in [7, 11) is 1.61. The molecule has 3 aromatic rings. The Morgan fingerprint density at radius 2 is 2.05 bits per heavy atom. The summed E-state index contributed by atoms with van der Waals surface area (Å²) >= 11 is 0. The third-order valence-electron chi connectivity index (χ3n) is 3.57. The molecule has 1 unspecified atom stereocenters. The van der Waals surface area contributed by atoms with E-state index in [1.165, 1.54) is 10.6 Å². The van der Waals surface area contributed by atoms with E-state index in [0.717, 1.165) is 0 Å². The predicted molar refractivity (Wildman–Crippen MR) is 76.5 cm³/mol. The van der Waals surface area contributed by atoms with Crippen LogP contribution in [0.2, 0.25) is 0 Å². The molecule has 1 aromatic heterocycles. The Labute approximate surface area is 120 Å². The van der Waals surface area contributed by atoms with E-state index in [1.807, 2.05) is 0 Å². The molecule has 0 radical (unpaired) electrons. The second-order valence-electron chi connectivity index (χ2n) is 4.97. The highest BCUT2D eigenvalue weighted by Crippen LogP contribution is 2.23. The van der Waals surface area contributed by atoms with E-state index in [9.17, 15) is 14.3 Å². The Kier molecular flexibility index (Phi) is 3.35. The second kappa shape index (κ2) is 5.18. The first-order chi connectivity index (χ1) is 10.1. The van der Waals surface area contributed by atoms with Gasteiger partial charge < -0.3 is 9.52 Å². The SMILES string of the molecule is Cn1c(=O)oc2cc(C(O)Cc3ccccc3F)ccc21. The predicted octanol–water partition coefficient (Wildman–Crippen LogP) is 2.55. The van der Waals surface area contributed by atoms with Crippen LogP contribution in [0.25, 0.3) is 11.1 Å². The quantitative estimate of drug-likeness (QED) is 0.805. The highest BCUT2D eigenvalue weighted by molar-refractivity contribution is 5.73. The van der Waals surface area contributed by atoms with E-state index in [4.69, 9.17) is 4.42 Å². The molecule has 0 bridgehead atoms. The summed E-state index contributed by atoms with van der Waals surface area (Å²) in [5, 5.41) is 10.2. The van der Waals surface area contributed by atoms with Crippen LogP contribution in [0.4, 0.5) is 4.39 Å². The van der Waals surface area contributed by atoms with Crippen LogP contribution in [0.3, 0.4) is 0 Å². The zero-order valence-corrected chi connectivity index (χ0v) is 11.4. The van der Waals surface area contributed by atoms with Gasteiger partial charge >= 0.3 is 5.76 Å². The molecule has 0 spiro atoms. The number of oxazole rings is 1. The van der Waals surface area contributed by atoms with Gasteiger partial charge in [0.15, 0.2) is 5.58 Å². The van der Waals surface area contributed by atoms with E-state index >= 15 is 0 Å². The van der Waals surface area contributed by atoms with E-state index in [1.54, 1.807) is 43.4 Å². The Bertz CT molecular complexity index is 850. The molecule has 1 atom stereocenters. The molecule has 0 aliphatic carbocycles. The molecular formula is C16H14FNO3. The topological polar surface area (TPSA) is 55.4 Å². The smallest absolute Gasteiger partial charge is 0.408 e. The van der Waals surface area contributed by atoms with Gasteiger partial charge in [0, 0.05) is 13.5 Å². The molecule has 2 aromatic carbocycles. The van der Waals surface area contributed by atoms with Gasteiger partial charge in [0.2, 0.25) is 0 Å². The van der Waals surface area contributed by atoms with Gasteiger partial charge in [-0.3, -0.25) is 4.57 Å². The van der Waals surface area contributed by atoms with Crippen LogP contribution in [0, 0.1) is 5.82 Å². The number of halogens is 1. The molecular weight excluding hydrogens is 273 g/mol. The van der Waals surface area contributed by atoms with Crippen molar-refractivity contribution in [3.05, 3.63) is 70.0 Å². The van der Waals surface area contributed by atoms with Crippen molar-refractivity contribution in [1.82, 2.24) is 4.57 Å². The van der Waals surface area contributed by atoms with Crippen molar-refractivity contribution < 1.29 is 13.9 Å². The number of hydrogen-bond acceptors (Lipinski definition) is 3. The molecule has 1 heterocycles. The minimum atomic E-state index is -0.864. The number of aliphatic hydroxyl groups excluding tert-OH is 1. The molecule has 0 saturated heterocycles. The third kappa shape index (κ3) is 2.48. The average molecular weight is 287 g/mol. The number of fused-ring (bicyclic) bond motifs is 1. The number of nitrogens with zero attached hydrogens (tertiary/aromatic N) is 1. The third-order valence-corrected chi connectivity index (χ3v) is 3.57. The van der Waals surface area contributed by atoms with Crippen molar-refractivity contribution in [2.75, 3.05) is 0 Å². The van der Waals surface area contributed by atoms with E-state index < -0.39 is 11.9 Å². The maximum atomic E-state index is 13.6. The molecule has 0 amide bonds. The van der Waals surface area contributed by atoms with Crippen LogP contribution in [0.5, 0.6) is 0 Å². The molecule has 108 valence electrons. The zero-order chi connectivity index (χ0) is 15.0. The van der Waals surface area contributed by atoms with Crippen molar-refractivity contribution in [2.45, 2.75) is 12.5 Å². The van der Waals surface area contributed by atoms with Gasteiger partial charge in [-0.25, -0.2) is 9.18 Å². The Hall–Kier alpha value is -2.40. The summed E-state index contributed by atoms with van der Waals surface area (Å²) in [6.07, 6.45) is -0.702. The summed E-state index contributed by atoms with van der Waals surface area (Å²) in [6, 6.07) is 11.4. The van der Waals surface area contributed by atoms with Crippen LogP contribution in [-0.4, -0.2) is 9.67 Å². The summed E-state index contributed by atoms with van der Waals surface area (Å²) in [5.74, 6) is -0.797. The largest absolute Gasteiger partial charge is 0.419 e. The molecule has 1 N–H and O–H groups in total. The Morgan fingerprint density at radius 1 is 1.29 bits per heavy atom. The number of aromatic nitrogens is 1. The van der Waals surface area contributed by atoms with E-state index in [2.05, 4.69) is 0 Å². The van der Waals surface area contributed by atoms with E-state index in [-0.39, 0.29) is 12.2 Å². The first-order valence-electron chi connectivity index (χ1n) is 6.57. The minimum absolute atomic E-state index is 0.162. The van der Waals surface area contributed by atoms with Crippen LogP contribution in [0.15, 0.2) is 51.7 Å². The molecule has 21 heavy (non-hydrogen) atoms. The summed E-state index contributed by atoms with van der Waals surface area (Å²) in [4.78, 5) is 11.4.